The smallest absolute Gasteiger partial charge is 0.211 e. The van der Waals surface area contributed by atoms with Crippen LogP contribution < -0.4 is 16.9 Å². The Morgan fingerprint density at radius 3 is 2.57 bits per heavy atom. The van der Waals surface area contributed by atoms with Crippen molar-refractivity contribution in [3.8, 4) is 0 Å². The summed E-state index contributed by atoms with van der Waals surface area (Å²) in [5, 5.41) is 11.2. The number of rotatable bonds is 5. The van der Waals surface area contributed by atoms with Crippen molar-refractivity contribution in [2.75, 3.05) is 0 Å². The van der Waals surface area contributed by atoms with Crippen LogP contribution in [-0.4, -0.2) is 22.2 Å². The van der Waals surface area contributed by atoms with Gasteiger partial charge in [-0.15, -0.1) is 17.5 Å². The molecule has 0 atom stereocenters. The van der Waals surface area contributed by atoms with E-state index >= 15 is 0 Å². The lowest BCUT2D eigenvalue weighted by molar-refractivity contribution is 1.07. The van der Waals surface area contributed by atoms with E-state index in [1.807, 2.05) is 30.3 Å². The van der Waals surface area contributed by atoms with E-state index in [0.29, 0.717) is 10.0 Å². The Morgan fingerprint density at radius 1 is 1.29 bits per heavy atom. The zero-order chi connectivity index (χ0) is 14.8. The number of benzene rings is 1. The highest BCUT2D eigenvalue weighted by Crippen LogP contribution is 2.12. The molecule has 0 amide bonds. The van der Waals surface area contributed by atoms with Gasteiger partial charge in [-0.05, 0) is 12.5 Å². The molecule has 0 aliphatic carbocycles. The van der Waals surface area contributed by atoms with E-state index in [-0.39, 0.29) is 18.4 Å². The average molecular weight is 345 g/mol. The summed E-state index contributed by atoms with van der Waals surface area (Å²) < 4.78 is 0.583. The van der Waals surface area contributed by atoms with Crippen molar-refractivity contribution in [3.05, 3.63) is 35.9 Å². The maximum Gasteiger partial charge on any atom is 0.211 e. The summed E-state index contributed by atoms with van der Waals surface area (Å²) in [6.45, 7) is 1.72. The highest BCUT2D eigenvalue weighted by Gasteiger charge is 1.97. The second-order valence-electron chi connectivity index (χ2n) is 3.70. The molecule has 0 heterocycles. The van der Waals surface area contributed by atoms with E-state index < -0.39 is 0 Å². The molecule has 5 N–H and O–H groups in total. The summed E-state index contributed by atoms with van der Waals surface area (Å²) in [6.07, 6.45) is 1.49. The van der Waals surface area contributed by atoms with E-state index in [1.54, 1.807) is 6.92 Å². The van der Waals surface area contributed by atoms with Gasteiger partial charge in [0, 0.05) is 5.75 Å². The molecule has 0 bridgehead atoms. The summed E-state index contributed by atoms with van der Waals surface area (Å²) in [7, 11) is 0. The van der Waals surface area contributed by atoms with Crippen LogP contribution in [0.4, 0.5) is 0 Å². The van der Waals surface area contributed by atoms with Gasteiger partial charge in [0.2, 0.25) is 5.96 Å². The summed E-state index contributed by atoms with van der Waals surface area (Å²) >= 11 is 6.64. The maximum atomic E-state index is 5.15. The minimum absolute atomic E-state index is 0. The predicted octanol–water partition coefficient (Wildman–Crippen LogP) is 1.85. The standard InChI is InChI=1S/C12H16N6S2.ClH/c1-9(16-17-11(13)14)7-15-18-12(19)20-8-10-5-3-2-4-6-10;/h2-7H,8H2,1H3,(H,18,19)(H4,13,14,17);1H. The molecule has 6 nitrogen and oxygen atoms in total. The van der Waals surface area contributed by atoms with Crippen molar-refractivity contribution in [1.82, 2.24) is 5.43 Å². The first kappa shape index (κ1) is 19.4. The summed E-state index contributed by atoms with van der Waals surface area (Å²) in [5.41, 5.74) is 14.8. The monoisotopic (exact) mass is 344 g/mol. The Balaban J connectivity index is 0.00000400. The Morgan fingerprint density at radius 2 is 1.95 bits per heavy atom. The molecule has 1 rings (SSSR count). The second kappa shape index (κ2) is 11.1. The van der Waals surface area contributed by atoms with Crippen LogP contribution >= 0.6 is 36.4 Å². The first-order valence-electron chi connectivity index (χ1n) is 5.71. The zero-order valence-corrected chi connectivity index (χ0v) is 13.8. The Kier molecular flexibility index (Phi) is 10.2. The highest BCUT2D eigenvalue weighted by atomic mass is 35.5. The van der Waals surface area contributed by atoms with Gasteiger partial charge >= 0.3 is 0 Å². The molecule has 0 saturated heterocycles. The van der Waals surface area contributed by atoms with Crippen molar-refractivity contribution in [1.29, 1.82) is 0 Å². The van der Waals surface area contributed by atoms with Crippen LogP contribution in [0.5, 0.6) is 0 Å². The van der Waals surface area contributed by atoms with Crippen LogP contribution in [0.3, 0.4) is 0 Å². The van der Waals surface area contributed by atoms with Gasteiger partial charge in [0.05, 0.1) is 11.9 Å². The van der Waals surface area contributed by atoms with Gasteiger partial charge in [0.25, 0.3) is 0 Å². The number of nitrogens with two attached hydrogens (primary N) is 2. The maximum absolute atomic E-state index is 5.15. The first-order valence-corrected chi connectivity index (χ1v) is 7.10. The number of hydrazone groups is 1. The fourth-order valence-corrected chi connectivity index (χ4v) is 1.93. The van der Waals surface area contributed by atoms with Gasteiger partial charge in [-0.2, -0.15) is 10.2 Å². The van der Waals surface area contributed by atoms with Crippen molar-refractivity contribution in [2.24, 2.45) is 26.8 Å². The Hall–Kier alpha value is -1.64. The normalized spacial score (nSPS) is 10.8. The lowest BCUT2D eigenvalue weighted by Gasteiger charge is -2.02. The largest absolute Gasteiger partial charge is 0.369 e. The number of nitrogens with one attached hydrogen (secondary N) is 1. The first-order chi connectivity index (χ1) is 9.58. The van der Waals surface area contributed by atoms with E-state index in [2.05, 4.69) is 20.7 Å². The van der Waals surface area contributed by atoms with Crippen LogP contribution in [-0.2, 0) is 5.75 Å². The van der Waals surface area contributed by atoms with E-state index in [0.717, 1.165) is 5.75 Å². The molecule has 0 aromatic heterocycles. The quantitative estimate of drug-likeness (QED) is 0.327. The van der Waals surface area contributed by atoms with Crippen molar-refractivity contribution < 1.29 is 0 Å². The zero-order valence-electron chi connectivity index (χ0n) is 11.4. The van der Waals surface area contributed by atoms with Gasteiger partial charge in [0.1, 0.15) is 0 Å². The molecule has 0 aliphatic heterocycles. The molecule has 0 saturated carbocycles. The van der Waals surface area contributed by atoms with Crippen LogP contribution in [0.15, 0.2) is 45.6 Å². The van der Waals surface area contributed by atoms with Gasteiger partial charge in [-0.25, -0.2) is 0 Å². The summed E-state index contributed by atoms with van der Waals surface area (Å²) in [5.74, 6) is 0.697. The van der Waals surface area contributed by atoms with Gasteiger partial charge in [-0.3, -0.25) is 5.43 Å². The molecule has 0 radical (unpaired) electrons. The van der Waals surface area contributed by atoms with E-state index in [4.69, 9.17) is 23.7 Å². The topological polar surface area (TPSA) is 101 Å². The molecule has 21 heavy (non-hydrogen) atoms. The third-order valence-electron chi connectivity index (χ3n) is 1.94. The Bertz CT molecular complexity index is 526. The number of thioether (sulfide) groups is 1. The van der Waals surface area contributed by atoms with Crippen LogP contribution in [0.25, 0.3) is 0 Å². The minimum atomic E-state index is -0.0975. The number of guanidine groups is 1. The third-order valence-corrected chi connectivity index (χ3v) is 3.22. The number of hydrogen-bond donors (Lipinski definition) is 3. The van der Waals surface area contributed by atoms with E-state index in [1.165, 1.54) is 23.5 Å². The molecule has 0 unspecified atom stereocenters. The molecular formula is C12H17ClN6S2. The van der Waals surface area contributed by atoms with Gasteiger partial charge < -0.3 is 11.5 Å². The highest BCUT2D eigenvalue weighted by molar-refractivity contribution is 8.22. The number of thiocarbonyl (C=S) groups is 1. The number of hydrogen-bond acceptors (Lipinski definition) is 5. The average Bonchev–Trinajstić information content (AvgIpc) is 2.44. The van der Waals surface area contributed by atoms with Crippen molar-refractivity contribution in [2.45, 2.75) is 12.7 Å². The minimum Gasteiger partial charge on any atom is -0.369 e. The molecule has 0 spiro atoms. The van der Waals surface area contributed by atoms with Crippen LogP contribution in [0.2, 0.25) is 0 Å². The van der Waals surface area contributed by atoms with E-state index in [9.17, 15) is 0 Å². The van der Waals surface area contributed by atoms with Crippen molar-refractivity contribution >= 4 is 58.6 Å². The SMILES string of the molecule is CC(C=NNC(=S)SCc1ccccc1)=NN=C(N)N.Cl. The fourth-order valence-electron chi connectivity index (χ4n) is 1.10. The molecule has 1 aromatic carbocycles. The van der Waals surface area contributed by atoms with Crippen LogP contribution in [0.1, 0.15) is 12.5 Å². The molecule has 9 heteroatoms. The fraction of sp³-hybridized carbons (Fsp3) is 0.167. The second-order valence-corrected chi connectivity index (χ2v) is 5.35. The third kappa shape index (κ3) is 9.83. The lowest BCUT2D eigenvalue weighted by atomic mass is 10.2. The summed E-state index contributed by atoms with van der Waals surface area (Å²) in [6, 6.07) is 10.1. The molecule has 0 fully saturated rings. The predicted molar refractivity (Wildman–Crippen MR) is 98.1 cm³/mol. The molecule has 1 aromatic rings. The molecular weight excluding hydrogens is 328 g/mol. The number of halogens is 1. The van der Waals surface area contributed by atoms with Crippen molar-refractivity contribution in [3.63, 3.8) is 0 Å². The lowest BCUT2D eigenvalue weighted by Crippen LogP contribution is -2.22. The van der Waals surface area contributed by atoms with Gasteiger partial charge in [-0.1, -0.05) is 54.3 Å². The number of nitrogens with zero attached hydrogens (tertiary/aromatic N) is 3. The Labute approximate surface area is 139 Å². The van der Waals surface area contributed by atoms with Gasteiger partial charge in [0.15, 0.2) is 4.32 Å². The summed E-state index contributed by atoms with van der Waals surface area (Å²) in [4.78, 5) is 0. The molecule has 0 aliphatic rings. The van der Waals surface area contributed by atoms with Crippen LogP contribution in [0, 0.1) is 0 Å². The molecule has 114 valence electrons.